The van der Waals surface area contributed by atoms with Crippen LogP contribution in [0.3, 0.4) is 0 Å². The van der Waals surface area contributed by atoms with Gasteiger partial charge in [-0.05, 0) is 42.8 Å². The van der Waals surface area contributed by atoms with Gasteiger partial charge in [-0.3, -0.25) is 0 Å². The fourth-order valence-electron chi connectivity index (χ4n) is 1.70. The molecule has 1 N–H and O–H groups in total. The van der Waals surface area contributed by atoms with Gasteiger partial charge in [-0.25, -0.2) is 0 Å². The number of aromatic nitrogens is 2. The smallest absolute Gasteiger partial charge is 0.155 e. The predicted molar refractivity (Wildman–Crippen MR) is 75.5 cm³/mol. The molecule has 4 nitrogen and oxygen atoms in total. The first kappa shape index (κ1) is 12.4. The Morgan fingerprint density at radius 1 is 1.06 bits per heavy atom. The summed E-state index contributed by atoms with van der Waals surface area (Å²) < 4.78 is 0. The lowest BCUT2D eigenvalue weighted by Gasteiger charge is -2.18. The lowest BCUT2D eigenvalue weighted by molar-refractivity contribution is 0.904. The van der Waals surface area contributed by atoms with E-state index in [1.807, 2.05) is 43.3 Å². The van der Waals surface area contributed by atoms with Crippen LogP contribution in [0.5, 0.6) is 0 Å². The van der Waals surface area contributed by atoms with Crippen molar-refractivity contribution in [2.45, 2.75) is 13.3 Å². The van der Waals surface area contributed by atoms with Crippen molar-refractivity contribution >= 4 is 17.2 Å². The average molecular weight is 242 g/mol. The van der Waals surface area contributed by atoms with Crippen LogP contribution in [0.4, 0.5) is 17.2 Å². The van der Waals surface area contributed by atoms with Gasteiger partial charge in [0.05, 0.1) is 5.69 Å². The van der Waals surface area contributed by atoms with E-state index in [4.69, 9.17) is 0 Å². The molecule has 0 saturated heterocycles. The fraction of sp³-hybridized carbons (Fsp3) is 0.286. The Morgan fingerprint density at radius 2 is 1.78 bits per heavy atom. The molecular weight excluding hydrogens is 224 g/mol. The van der Waals surface area contributed by atoms with E-state index in [-0.39, 0.29) is 0 Å². The number of aryl methyl sites for hydroxylation is 1. The molecular formula is C14H18N4. The van der Waals surface area contributed by atoms with Gasteiger partial charge in [0, 0.05) is 25.5 Å². The third-order valence-corrected chi connectivity index (χ3v) is 2.95. The van der Waals surface area contributed by atoms with Crippen LogP contribution in [0.1, 0.15) is 12.6 Å². The first-order valence-electron chi connectivity index (χ1n) is 6.08. The molecule has 94 valence electrons. The first-order valence-corrected chi connectivity index (χ1v) is 6.08. The Kier molecular flexibility index (Phi) is 3.77. The van der Waals surface area contributed by atoms with E-state index < -0.39 is 0 Å². The third kappa shape index (κ3) is 2.59. The monoisotopic (exact) mass is 242 g/mol. The summed E-state index contributed by atoms with van der Waals surface area (Å²) in [4.78, 5) is 2.02. The van der Waals surface area contributed by atoms with Gasteiger partial charge in [0.15, 0.2) is 5.82 Å². The van der Waals surface area contributed by atoms with Crippen molar-refractivity contribution in [1.29, 1.82) is 0 Å². The molecule has 18 heavy (non-hydrogen) atoms. The number of rotatable bonds is 4. The van der Waals surface area contributed by atoms with E-state index in [1.165, 1.54) is 0 Å². The summed E-state index contributed by atoms with van der Waals surface area (Å²) in [6.07, 6.45) is 0.911. The standard InChI is InChI=1S/C14H18N4/c1-4-11-7-10-14(17-16-11)18(3)13-8-5-12(15-2)6-9-13/h5-10,15H,4H2,1-3H3. The maximum Gasteiger partial charge on any atom is 0.155 e. The summed E-state index contributed by atoms with van der Waals surface area (Å²) >= 11 is 0. The lowest BCUT2D eigenvalue weighted by Crippen LogP contribution is -2.12. The Morgan fingerprint density at radius 3 is 2.28 bits per heavy atom. The van der Waals surface area contributed by atoms with Crippen molar-refractivity contribution in [3.05, 3.63) is 42.1 Å². The van der Waals surface area contributed by atoms with Crippen LogP contribution >= 0.6 is 0 Å². The van der Waals surface area contributed by atoms with Gasteiger partial charge >= 0.3 is 0 Å². The Labute approximate surface area is 108 Å². The summed E-state index contributed by atoms with van der Waals surface area (Å²) in [5.74, 6) is 0.851. The van der Waals surface area contributed by atoms with E-state index in [0.717, 1.165) is 29.3 Å². The second kappa shape index (κ2) is 5.49. The Hall–Kier alpha value is -2.10. The molecule has 2 aromatic rings. The lowest BCUT2D eigenvalue weighted by atomic mass is 10.2. The maximum atomic E-state index is 4.23. The highest BCUT2D eigenvalue weighted by Gasteiger charge is 2.05. The van der Waals surface area contributed by atoms with Gasteiger partial charge in [0.2, 0.25) is 0 Å². The molecule has 4 heteroatoms. The van der Waals surface area contributed by atoms with Gasteiger partial charge in [-0.2, -0.15) is 5.10 Å². The number of hydrogen-bond acceptors (Lipinski definition) is 4. The minimum atomic E-state index is 0.851. The Balaban J connectivity index is 2.20. The van der Waals surface area contributed by atoms with Crippen molar-refractivity contribution in [2.24, 2.45) is 0 Å². The molecule has 0 unspecified atom stereocenters. The van der Waals surface area contributed by atoms with Crippen LogP contribution < -0.4 is 10.2 Å². The summed E-state index contributed by atoms with van der Waals surface area (Å²) in [5.41, 5.74) is 3.20. The Bertz CT molecular complexity index is 443. The second-order valence-corrected chi connectivity index (χ2v) is 4.09. The first-order chi connectivity index (χ1) is 8.74. The molecule has 0 aliphatic rings. The average Bonchev–Trinajstić information content (AvgIpc) is 2.47. The minimum Gasteiger partial charge on any atom is -0.388 e. The van der Waals surface area contributed by atoms with Crippen molar-refractivity contribution in [1.82, 2.24) is 10.2 Å². The topological polar surface area (TPSA) is 41.0 Å². The molecule has 1 aromatic heterocycles. The highest BCUT2D eigenvalue weighted by molar-refractivity contribution is 5.61. The van der Waals surface area contributed by atoms with E-state index in [0.29, 0.717) is 0 Å². The number of nitrogens with one attached hydrogen (secondary N) is 1. The highest BCUT2D eigenvalue weighted by Crippen LogP contribution is 2.22. The molecule has 0 bridgehead atoms. The molecule has 0 radical (unpaired) electrons. The van der Waals surface area contributed by atoms with Gasteiger partial charge in [0.25, 0.3) is 0 Å². The quantitative estimate of drug-likeness (QED) is 0.895. The van der Waals surface area contributed by atoms with Crippen LogP contribution in [0.15, 0.2) is 36.4 Å². The van der Waals surface area contributed by atoms with E-state index in [1.54, 1.807) is 0 Å². The molecule has 1 heterocycles. The van der Waals surface area contributed by atoms with E-state index in [2.05, 4.69) is 34.6 Å². The van der Waals surface area contributed by atoms with Crippen molar-refractivity contribution in [3.8, 4) is 0 Å². The summed E-state index contributed by atoms with van der Waals surface area (Å²) in [6.45, 7) is 2.07. The molecule has 0 aliphatic heterocycles. The van der Waals surface area contributed by atoms with Crippen LogP contribution in [0.25, 0.3) is 0 Å². The van der Waals surface area contributed by atoms with Crippen molar-refractivity contribution < 1.29 is 0 Å². The minimum absolute atomic E-state index is 0.851. The zero-order chi connectivity index (χ0) is 13.0. The van der Waals surface area contributed by atoms with Crippen molar-refractivity contribution in [3.63, 3.8) is 0 Å². The largest absolute Gasteiger partial charge is 0.388 e. The number of hydrogen-bond donors (Lipinski definition) is 1. The van der Waals surface area contributed by atoms with Gasteiger partial charge < -0.3 is 10.2 Å². The van der Waals surface area contributed by atoms with E-state index >= 15 is 0 Å². The highest BCUT2D eigenvalue weighted by atomic mass is 15.2. The maximum absolute atomic E-state index is 4.23. The fourth-order valence-corrected chi connectivity index (χ4v) is 1.70. The third-order valence-electron chi connectivity index (χ3n) is 2.95. The summed E-state index contributed by atoms with van der Waals surface area (Å²) in [7, 11) is 3.90. The molecule has 0 aliphatic carbocycles. The van der Waals surface area contributed by atoms with Crippen LogP contribution in [0, 0.1) is 0 Å². The molecule has 0 fully saturated rings. The molecule has 0 atom stereocenters. The van der Waals surface area contributed by atoms with Gasteiger partial charge in [0.1, 0.15) is 0 Å². The summed E-state index contributed by atoms with van der Waals surface area (Å²) in [5, 5.41) is 11.5. The van der Waals surface area contributed by atoms with Crippen molar-refractivity contribution in [2.75, 3.05) is 24.3 Å². The molecule has 0 saturated carbocycles. The zero-order valence-electron chi connectivity index (χ0n) is 11.0. The number of benzene rings is 1. The zero-order valence-corrected chi connectivity index (χ0v) is 11.0. The molecule has 0 amide bonds. The second-order valence-electron chi connectivity index (χ2n) is 4.09. The molecule has 1 aromatic carbocycles. The number of anilines is 3. The molecule has 2 rings (SSSR count). The van der Waals surface area contributed by atoms with Crippen LogP contribution in [-0.4, -0.2) is 24.3 Å². The number of nitrogens with zero attached hydrogens (tertiary/aromatic N) is 3. The predicted octanol–water partition coefficient (Wildman–Crippen LogP) is 2.85. The van der Waals surface area contributed by atoms with Crippen LogP contribution in [-0.2, 0) is 6.42 Å². The van der Waals surface area contributed by atoms with E-state index in [9.17, 15) is 0 Å². The normalized spacial score (nSPS) is 10.2. The molecule has 0 spiro atoms. The van der Waals surface area contributed by atoms with Gasteiger partial charge in [-0.1, -0.05) is 6.92 Å². The SMILES string of the molecule is CCc1ccc(N(C)c2ccc(NC)cc2)nn1. The van der Waals surface area contributed by atoms with Crippen LogP contribution in [0.2, 0.25) is 0 Å². The van der Waals surface area contributed by atoms with Gasteiger partial charge in [-0.15, -0.1) is 5.10 Å². The summed E-state index contributed by atoms with van der Waals surface area (Å²) in [6, 6.07) is 12.2.